The zero-order valence-corrected chi connectivity index (χ0v) is 36.9. The van der Waals surface area contributed by atoms with Crippen molar-refractivity contribution in [3.05, 3.63) is 144 Å². The number of nitrogens with zero attached hydrogens (tertiary/aromatic N) is 3. The molecule has 1 N–H and O–H groups in total. The minimum Gasteiger partial charge on any atom is -0.467 e. The fourth-order valence-electron chi connectivity index (χ4n) is 8.19. The van der Waals surface area contributed by atoms with Gasteiger partial charge in [-0.15, -0.1) is 0 Å². The zero-order valence-electron chi connectivity index (χ0n) is 37.9. The number of halogens is 1. The summed E-state index contributed by atoms with van der Waals surface area (Å²) in [5, 5.41) is 3.22. The summed E-state index contributed by atoms with van der Waals surface area (Å²) in [7, 11) is 5.67. The van der Waals surface area contributed by atoms with Gasteiger partial charge in [-0.1, -0.05) is 154 Å². The van der Waals surface area contributed by atoms with Gasteiger partial charge in [0.2, 0.25) is 11.8 Å². The van der Waals surface area contributed by atoms with Crippen LogP contribution in [0.15, 0.2) is 121 Å². The van der Waals surface area contributed by atoms with E-state index in [1.807, 2.05) is 135 Å². The summed E-state index contributed by atoms with van der Waals surface area (Å²) in [5.41, 5.74) is 3.68. The van der Waals surface area contributed by atoms with Crippen LogP contribution in [0.3, 0.4) is 0 Å². The average Bonchev–Trinajstić information content (AvgIpc) is 3.32. The lowest BCUT2D eigenvalue weighted by molar-refractivity contribution is -0.156. The van der Waals surface area contributed by atoms with Gasteiger partial charge in [0.15, 0.2) is 0 Å². The molecule has 10 nitrogen and oxygen atoms in total. The van der Waals surface area contributed by atoms with E-state index in [0.29, 0.717) is 38.4 Å². The molecule has 0 aromatic heterocycles. The molecule has 2 aliphatic rings. The average molecular weight is 864 g/mol. The molecular weight excluding hydrogens is 796 g/mol. The Hall–Kier alpha value is -5.83. The van der Waals surface area contributed by atoms with Crippen LogP contribution in [0.4, 0.5) is 4.39 Å². The van der Waals surface area contributed by atoms with E-state index in [1.54, 1.807) is 9.80 Å². The number of alkyl halides is 1. The molecule has 2 saturated heterocycles. The number of carbonyl (C=O) groups excluding carboxylic acids is 4. The molecule has 2 fully saturated rings. The van der Waals surface area contributed by atoms with E-state index >= 15 is 0 Å². The molecule has 2 heterocycles. The molecule has 4 atom stereocenters. The van der Waals surface area contributed by atoms with Gasteiger partial charge in [-0.3, -0.25) is 18.9 Å². The number of likely N-dealkylation sites (tertiary alicyclic amines) is 2. The molecule has 11 heteroatoms. The molecule has 63 heavy (non-hydrogen) atoms. The van der Waals surface area contributed by atoms with Crippen molar-refractivity contribution in [2.24, 2.45) is 5.92 Å². The Morgan fingerprint density at radius 2 is 1.08 bits per heavy atom. The van der Waals surface area contributed by atoms with Gasteiger partial charge in [0, 0.05) is 31.1 Å². The molecule has 0 unspecified atom stereocenters. The van der Waals surface area contributed by atoms with Crippen LogP contribution in [0.25, 0.3) is 0 Å². The molecule has 338 valence electrons. The first-order chi connectivity index (χ1) is 30.5. The number of piperidine rings is 2. The SMILES string of the molecule is C.CN[C@@H]1CCN(C(=O)C(c2ccccc2)c2ccccc2)[C@H](C(=O)OC)C1.COC(=O)[C@@H]1C[C@H](N(C)CC#CC(C)C)CCN1C(=O)C(c1ccccc1)c1ccccc1.[2H]CF. The van der Waals surface area contributed by atoms with Crippen LogP contribution in [0.2, 0.25) is 0 Å². The lowest BCUT2D eigenvalue weighted by Gasteiger charge is -2.42. The Balaban J connectivity index is 0.000000321. The quantitative estimate of drug-likeness (QED) is 0.121. The number of hydrogen-bond donors (Lipinski definition) is 1. The van der Waals surface area contributed by atoms with Gasteiger partial charge in [0.1, 0.15) is 12.1 Å². The normalized spacial score (nSPS) is 18.3. The van der Waals surface area contributed by atoms with Crippen molar-refractivity contribution < 1.29 is 34.4 Å². The van der Waals surface area contributed by atoms with E-state index in [1.165, 1.54) is 14.2 Å². The third-order valence-electron chi connectivity index (χ3n) is 11.5. The maximum atomic E-state index is 13.9. The molecule has 4 aromatic carbocycles. The number of nitrogens with one attached hydrogen (secondary N) is 1. The van der Waals surface area contributed by atoms with Crippen LogP contribution in [-0.4, -0.2) is 118 Å². The second-order valence-electron chi connectivity index (χ2n) is 15.7. The summed E-state index contributed by atoms with van der Waals surface area (Å²) in [6.45, 7) is 5.81. The molecule has 0 aliphatic carbocycles. The number of ether oxygens (including phenoxy) is 2. The first kappa shape index (κ1) is 49.8. The summed E-state index contributed by atoms with van der Waals surface area (Å²) in [4.78, 5) is 58.3. The Bertz CT molecular complexity index is 1990. The number of methoxy groups -OCH3 is 2. The predicted octanol–water partition coefficient (Wildman–Crippen LogP) is 7.73. The van der Waals surface area contributed by atoms with Crippen molar-refractivity contribution in [3.63, 3.8) is 0 Å². The first-order valence-corrected chi connectivity index (χ1v) is 21.2. The number of amides is 2. The minimum atomic E-state index is -1.00. The second kappa shape index (κ2) is 26.6. The maximum Gasteiger partial charge on any atom is 0.328 e. The van der Waals surface area contributed by atoms with E-state index < -0.39 is 31.1 Å². The molecule has 6 rings (SSSR count). The van der Waals surface area contributed by atoms with Gasteiger partial charge in [-0.05, 0) is 62.0 Å². The molecule has 4 aromatic rings. The van der Waals surface area contributed by atoms with Crippen molar-refractivity contribution >= 4 is 23.8 Å². The van der Waals surface area contributed by atoms with Crippen LogP contribution in [0.1, 0.15) is 82.4 Å². The van der Waals surface area contributed by atoms with Crippen molar-refractivity contribution in [1.82, 2.24) is 20.0 Å². The highest BCUT2D eigenvalue weighted by molar-refractivity contribution is 5.92. The van der Waals surface area contributed by atoms with E-state index in [4.69, 9.17) is 10.8 Å². The smallest absolute Gasteiger partial charge is 0.328 e. The van der Waals surface area contributed by atoms with E-state index in [9.17, 15) is 23.6 Å². The molecule has 0 spiro atoms. The van der Waals surface area contributed by atoms with E-state index in [2.05, 4.69) is 35.9 Å². The van der Waals surface area contributed by atoms with Crippen LogP contribution in [-0.2, 0) is 28.7 Å². The van der Waals surface area contributed by atoms with E-state index in [0.717, 1.165) is 35.1 Å². The summed E-state index contributed by atoms with van der Waals surface area (Å²) < 4.78 is 25.6. The fourth-order valence-corrected chi connectivity index (χ4v) is 8.19. The summed E-state index contributed by atoms with van der Waals surface area (Å²) in [6, 6.07) is 38.2. The van der Waals surface area contributed by atoms with Gasteiger partial charge >= 0.3 is 11.9 Å². The Labute approximate surface area is 376 Å². The molecule has 2 amide bonds. The maximum absolute atomic E-state index is 13.9. The Morgan fingerprint density at radius 1 is 0.714 bits per heavy atom. The summed E-state index contributed by atoms with van der Waals surface area (Å²) >= 11 is 0. The van der Waals surface area contributed by atoms with Gasteiger partial charge in [0.25, 0.3) is 0 Å². The van der Waals surface area contributed by atoms with Crippen molar-refractivity contribution in [3.8, 4) is 11.8 Å². The highest BCUT2D eigenvalue weighted by Gasteiger charge is 2.42. The Morgan fingerprint density at radius 3 is 1.43 bits per heavy atom. The Kier molecular flexibility index (Phi) is 21.0. The van der Waals surface area contributed by atoms with Crippen LogP contribution < -0.4 is 5.32 Å². The third-order valence-corrected chi connectivity index (χ3v) is 11.5. The van der Waals surface area contributed by atoms with Gasteiger partial charge in [0.05, 0.1) is 41.1 Å². The van der Waals surface area contributed by atoms with Crippen LogP contribution >= 0.6 is 0 Å². The summed E-state index contributed by atoms with van der Waals surface area (Å²) in [6.07, 6.45) is 2.70. The molecule has 2 aliphatic heterocycles. The van der Waals surface area contributed by atoms with Gasteiger partial charge in [-0.2, -0.15) is 0 Å². The number of carbonyl (C=O) groups is 4. The van der Waals surface area contributed by atoms with Crippen LogP contribution in [0, 0.1) is 17.8 Å². The highest BCUT2D eigenvalue weighted by atomic mass is 19.1. The lowest BCUT2D eigenvalue weighted by Crippen LogP contribution is -2.55. The topological polar surface area (TPSA) is 108 Å². The second-order valence-corrected chi connectivity index (χ2v) is 15.7. The highest BCUT2D eigenvalue weighted by Crippen LogP contribution is 2.33. The molecule has 0 radical (unpaired) electrons. The summed E-state index contributed by atoms with van der Waals surface area (Å²) in [5.74, 6) is 4.98. The van der Waals surface area contributed by atoms with Crippen molar-refractivity contribution in [1.29, 1.82) is 0 Å². The number of hydrogen-bond acceptors (Lipinski definition) is 8. The molecule has 0 saturated carbocycles. The standard InChI is InChI=1S/C28H34N2O3.C22H26N2O3.CH3F.CH4/c1-21(2)12-11-18-29(3)24-17-19-30(25(20-24)28(32)33-4)27(31)26(22-13-7-5-8-14-22)23-15-9-6-10-16-23;1-23-18-13-14-24(19(15-18)22(26)27-2)21(25)20(16-9-5-3-6-10-16)17-11-7-4-8-12-17;1-2;/h5-10,13-16,21,24-26H,17-20H2,1-4H3;3-12,18-20,23H,13-15H2,1-2H3;1H3;1H4/t24-,25+;18-,19+;;/m11../s1/i;;1D;. The molecule has 0 bridgehead atoms. The van der Waals surface area contributed by atoms with Crippen LogP contribution in [0.5, 0.6) is 0 Å². The van der Waals surface area contributed by atoms with Crippen molar-refractivity contribution in [2.75, 3.05) is 55.1 Å². The molecular formula is C52H67FN4O6. The predicted molar refractivity (Wildman–Crippen MR) is 249 cm³/mol. The number of esters is 2. The minimum absolute atomic E-state index is 0. The lowest BCUT2D eigenvalue weighted by atomic mass is 9.87. The number of rotatable bonds is 11. The first-order valence-electron chi connectivity index (χ1n) is 21.9. The van der Waals surface area contributed by atoms with E-state index in [-0.39, 0.29) is 43.3 Å². The zero-order chi connectivity index (χ0) is 45.7. The van der Waals surface area contributed by atoms with Gasteiger partial charge < -0.3 is 24.6 Å². The third kappa shape index (κ3) is 14.1. The van der Waals surface area contributed by atoms with Crippen molar-refractivity contribution in [2.45, 2.75) is 83.0 Å². The fraction of sp³-hybridized carbons (Fsp3) is 0.423. The van der Waals surface area contributed by atoms with Gasteiger partial charge in [-0.25, -0.2) is 9.59 Å². The largest absolute Gasteiger partial charge is 0.467 e. The monoisotopic (exact) mass is 864 g/mol. The number of benzene rings is 4.